The van der Waals surface area contributed by atoms with Crippen LogP contribution in [0.4, 0.5) is 15.3 Å². The van der Waals surface area contributed by atoms with E-state index in [-0.39, 0.29) is 0 Å². The summed E-state index contributed by atoms with van der Waals surface area (Å²) >= 11 is 0. The Hall–Kier alpha value is -2.44. The van der Waals surface area contributed by atoms with Gasteiger partial charge in [-0.05, 0) is 51.3 Å². The van der Waals surface area contributed by atoms with Crippen molar-refractivity contribution in [1.29, 1.82) is 0 Å². The summed E-state index contributed by atoms with van der Waals surface area (Å²) < 4.78 is 11.0. The number of anilines is 1. The van der Waals surface area contributed by atoms with E-state index >= 15 is 0 Å². The number of nitrogens with one attached hydrogen (secondary N) is 2. The number of amides is 2. The van der Waals surface area contributed by atoms with Crippen LogP contribution in [-0.4, -0.2) is 37.7 Å². The van der Waals surface area contributed by atoms with Crippen LogP contribution < -0.4 is 15.5 Å². The largest absolute Gasteiger partial charge is 0.426 e. The van der Waals surface area contributed by atoms with E-state index in [4.69, 9.17) is 9.47 Å². The Morgan fingerprint density at radius 1 is 0.964 bits per heavy atom. The SMILES string of the molecule is CCCCNC(=O)OC(C)N(c1cccc(C)c1)C(C)OC(=O)NCCCC. The fraction of sp³-hybridized carbons (Fsp3) is 0.619. The number of nitrogens with zero attached hydrogens (tertiary/aromatic N) is 1. The summed E-state index contributed by atoms with van der Waals surface area (Å²) in [7, 11) is 0. The predicted octanol–water partition coefficient (Wildman–Crippen LogP) is 4.55. The van der Waals surface area contributed by atoms with Crippen molar-refractivity contribution in [3.8, 4) is 0 Å². The highest BCUT2D eigenvalue weighted by atomic mass is 16.6. The summed E-state index contributed by atoms with van der Waals surface area (Å²) in [4.78, 5) is 25.9. The predicted molar refractivity (Wildman–Crippen MR) is 111 cm³/mol. The lowest BCUT2D eigenvalue weighted by molar-refractivity contribution is 0.0554. The summed E-state index contributed by atoms with van der Waals surface area (Å²) in [5.74, 6) is 0. The van der Waals surface area contributed by atoms with Gasteiger partial charge in [0.2, 0.25) is 0 Å². The number of ether oxygens (including phenoxy) is 2. The smallest absolute Gasteiger partial charge is 0.409 e. The highest BCUT2D eigenvalue weighted by molar-refractivity contribution is 5.69. The first-order valence-electron chi connectivity index (χ1n) is 10.1. The third-order valence-corrected chi connectivity index (χ3v) is 4.24. The van der Waals surface area contributed by atoms with E-state index < -0.39 is 24.6 Å². The second-order valence-electron chi connectivity index (χ2n) is 6.82. The first-order chi connectivity index (χ1) is 13.4. The average Bonchev–Trinajstić information content (AvgIpc) is 2.62. The Bertz CT molecular complexity index is 579. The molecule has 158 valence electrons. The van der Waals surface area contributed by atoms with Crippen LogP contribution in [-0.2, 0) is 9.47 Å². The van der Waals surface area contributed by atoms with Crippen LogP contribution in [0.3, 0.4) is 0 Å². The van der Waals surface area contributed by atoms with Crippen LogP contribution in [0.2, 0.25) is 0 Å². The lowest BCUT2D eigenvalue weighted by Crippen LogP contribution is -2.47. The molecular formula is C21H35N3O4. The Labute approximate surface area is 168 Å². The number of carbonyl (C=O) groups excluding carboxylic acids is 2. The standard InChI is InChI=1S/C21H35N3O4/c1-6-8-13-22-20(25)27-17(4)24(19-12-10-11-16(3)15-19)18(5)28-21(26)23-14-9-7-2/h10-12,15,17-18H,6-9,13-14H2,1-5H3,(H,22,25)(H,23,26). The van der Waals surface area contributed by atoms with Crippen molar-refractivity contribution in [2.24, 2.45) is 0 Å². The molecule has 0 fully saturated rings. The Morgan fingerprint density at radius 3 is 1.89 bits per heavy atom. The molecule has 2 unspecified atom stereocenters. The Kier molecular flexibility index (Phi) is 10.8. The van der Waals surface area contributed by atoms with Gasteiger partial charge in [0.1, 0.15) is 0 Å². The molecule has 2 amide bonds. The number of hydrogen-bond donors (Lipinski definition) is 2. The summed E-state index contributed by atoms with van der Waals surface area (Å²) in [5, 5.41) is 5.48. The van der Waals surface area contributed by atoms with Crippen LogP contribution in [0, 0.1) is 6.92 Å². The van der Waals surface area contributed by atoms with Gasteiger partial charge in [0, 0.05) is 18.8 Å². The van der Waals surface area contributed by atoms with E-state index in [0.717, 1.165) is 36.9 Å². The zero-order chi connectivity index (χ0) is 20.9. The number of alkyl carbamates (subject to hydrolysis) is 2. The highest BCUT2D eigenvalue weighted by Crippen LogP contribution is 2.22. The lowest BCUT2D eigenvalue weighted by atomic mass is 10.2. The average molecular weight is 394 g/mol. The maximum atomic E-state index is 12.1. The van der Waals surface area contributed by atoms with Gasteiger partial charge in [0.15, 0.2) is 12.5 Å². The number of aryl methyl sites for hydroxylation is 1. The zero-order valence-corrected chi connectivity index (χ0v) is 17.8. The molecule has 0 aliphatic rings. The fourth-order valence-electron chi connectivity index (χ4n) is 2.75. The van der Waals surface area contributed by atoms with Gasteiger partial charge in [0.25, 0.3) is 0 Å². The second-order valence-corrected chi connectivity index (χ2v) is 6.82. The van der Waals surface area contributed by atoms with Crippen LogP contribution in [0.15, 0.2) is 24.3 Å². The van der Waals surface area contributed by atoms with Gasteiger partial charge in [0.05, 0.1) is 0 Å². The van der Waals surface area contributed by atoms with Crippen molar-refractivity contribution < 1.29 is 19.1 Å². The minimum absolute atomic E-state index is 0.488. The molecule has 0 saturated carbocycles. The molecule has 7 heteroatoms. The number of hydrogen-bond acceptors (Lipinski definition) is 5. The molecule has 0 radical (unpaired) electrons. The number of carbonyl (C=O) groups is 2. The molecule has 0 aliphatic carbocycles. The molecular weight excluding hydrogens is 358 g/mol. The van der Waals surface area contributed by atoms with Crippen LogP contribution in [0.5, 0.6) is 0 Å². The number of unbranched alkanes of at least 4 members (excludes halogenated alkanes) is 2. The van der Waals surface area contributed by atoms with Gasteiger partial charge in [-0.15, -0.1) is 0 Å². The molecule has 0 heterocycles. The van der Waals surface area contributed by atoms with Crippen molar-refractivity contribution in [2.75, 3.05) is 18.0 Å². The highest BCUT2D eigenvalue weighted by Gasteiger charge is 2.26. The van der Waals surface area contributed by atoms with Gasteiger partial charge in [-0.3, -0.25) is 0 Å². The van der Waals surface area contributed by atoms with E-state index in [1.807, 2.05) is 31.2 Å². The summed E-state index contributed by atoms with van der Waals surface area (Å²) in [5.41, 5.74) is 1.87. The maximum absolute atomic E-state index is 12.1. The van der Waals surface area contributed by atoms with E-state index in [2.05, 4.69) is 24.5 Å². The monoisotopic (exact) mass is 393 g/mol. The number of benzene rings is 1. The first-order valence-corrected chi connectivity index (χ1v) is 10.1. The summed E-state index contributed by atoms with van der Waals surface area (Å²) in [6, 6.07) is 7.76. The zero-order valence-electron chi connectivity index (χ0n) is 17.8. The van der Waals surface area contributed by atoms with Crippen molar-refractivity contribution >= 4 is 17.9 Å². The lowest BCUT2D eigenvalue weighted by Gasteiger charge is -2.35. The minimum atomic E-state index is -0.623. The molecule has 2 N–H and O–H groups in total. The van der Waals surface area contributed by atoms with Gasteiger partial charge in [-0.2, -0.15) is 0 Å². The first kappa shape index (κ1) is 23.6. The summed E-state index contributed by atoms with van der Waals surface area (Å²) in [6.45, 7) is 10.7. The molecule has 2 atom stereocenters. The molecule has 28 heavy (non-hydrogen) atoms. The Balaban J connectivity index is 2.84. The maximum Gasteiger partial charge on any atom is 0.409 e. The van der Waals surface area contributed by atoms with Gasteiger partial charge >= 0.3 is 12.2 Å². The molecule has 7 nitrogen and oxygen atoms in total. The van der Waals surface area contributed by atoms with E-state index in [0.29, 0.717) is 13.1 Å². The molecule has 0 aromatic heterocycles. The van der Waals surface area contributed by atoms with Crippen molar-refractivity contribution in [2.45, 2.75) is 72.8 Å². The third kappa shape index (κ3) is 8.50. The second kappa shape index (κ2) is 12.9. The topological polar surface area (TPSA) is 79.9 Å². The minimum Gasteiger partial charge on any atom is -0.426 e. The van der Waals surface area contributed by atoms with Crippen LogP contribution in [0.1, 0.15) is 58.9 Å². The van der Waals surface area contributed by atoms with E-state index in [1.54, 1.807) is 18.7 Å². The molecule has 0 saturated heterocycles. The van der Waals surface area contributed by atoms with Crippen LogP contribution >= 0.6 is 0 Å². The van der Waals surface area contributed by atoms with Gasteiger partial charge in [-0.25, -0.2) is 9.59 Å². The van der Waals surface area contributed by atoms with Gasteiger partial charge < -0.3 is 25.0 Å². The molecule has 0 spiro atoms. The Morgan fingerprint density at radius 2 is 1.46 bits per heavy atom. The van der Waals surface area contributed by atoms with E-state index in [9.17, 15) is 9.59 Å². The molecule has 0 aliphatic heterocycles. The van der Waals surface area contributed by atoms with Gasteiger partial charge in [-0.1, -0.05) is 38.8 Å². The third-order valence-electron chi connectivity index (χ3n) is 4.24. The molecule has 1 aromatic rings. The van der Waals surface area contributed by atoms with Crippen molar-refractivity contribution in [1.82, 2.24) is 10.6 Å². The van der Waals surface area contributed by atoms with Crippen LogP contribution in [0.25, 0.3) is 0 Å². The fourth-order valence-corrected chi connectivity index (χ4v) is 2.75. The van der Waals surface area contributed by atoms with Crippen molar-refractivity contribution in [3.05, 3.63) is 29.8 Å². The summed E-state index contributed by atoms with van der Waals surface area (Å²) in [6.07, 6.45) is 1.54. The quantitative estimate of drug-likeness (QED) is 0.426. The molecule has 1 rings (SSSR count). The molecule has 0 bridgehead atoms. The van der Waals surface area contributed by atoms with E-state index in [1.165, 1.54) is 0 Å². The van der Waals surface area contributed by atoms with Crippen molar-refractivity contribution in [3.63, 3.8) is 0 Å². The normalized spacial score (nSPS) is 12.6. The number of rotatable bonds is 11. The molecule has 1 aromatic carbocycles.